The summed E-state index contributed by atoms with van der Waals surface area (Å²) in [6.07, 6.45) is 3.94. The number of unbranched alkanes of at least 4 members (excludes halogenated alkanes) is 3. The van der Waals surface area contributed by atoms with E-state index in [0.717, 1.165) is 25.7 Å². The summed E-state index contributed by atoms with van der Waals surface area (Å²) in [7, 11) is 0. The van der Waals surface area contributed by atoms with E-state index in [9.17, 15) is 19.5 Å². The van der Waals surface area contributed by atoms with Crippen LogP contribution in [-0.2, 0) is 14.4 Å². The van der Waals surface area contributed by atoms with Crippen LogP contribution < -0.4 is 22.1 Å². The number of nitrogens with two attached hydrogens (primary N) is 2. The average Bonchev–Trinajstić information content (AvgIpc) is 2.58. The predicted molar refractivity (Wildman–Crippen MR) is 101 cm³/mol. The minimum atomic E-state index is -1.15. The van der Waals surface area contributed by atoms with Crippen molar-refractivity contribution >= 4 is 17.6 Å². The summed E-state index contributed by atoms with van der Waals surface area (Å²) in [6.45, 7) is 5.29. The lowest BCUT2D eigenvalue weighted by molar-refractivity contribution is -0.135. The third-order valence-electron chi connectivity index (χ3n) is 4.39. The number of amides is 2. The van der Waals surface area contributed by atoms with E-state index in [0.29, 0.717) is 12.8 Å². The SMILES string of the molecule is CCCCCCC(CN)C(=O)N[C@H](C(=O)N[C@@H](CCN)C(C)=O)[C@H](C)O. The Labute approximate surface area is 156 Å². The molecule has 0 heterocycles. The maximum Gasteiger partial charge on any atom is 0.245 e. The third-order valence-corrected chi connectivity index (χ3v) is 4.39. The van der Waals surface area contributed by atoms with E-state index in [1.807, 2.05) is 0 Å². The maximum absolute atomic E-state index is 12.4. The number of aliphatic hydroxyl groups is 1. The van der Waals surface area contributed by atoms with Gasteiger partial charge in [0.15, 0.2) is 5.78 Å². The zero-order valence-corrected chi connectivity index (χ0v) is 16.3. The second-order valence-corrected chi connectivity index (χ2v) is 6.76. The Hall–Kier alpha value is -1.51. The zero-order chi connectivity index (χ0) is 20.1. The van der Waals surface area contributed by atoms with Crippen LogP contribution in [0.25, 0.3) is 0 Å². The molecule has 8 nitrogen and oxygen atoms in total. The molecule has 4 atom stereocenters. The highest BCUT2D eigenvalue weighted by molar-refractivity contribution is 5.92. The van der Waals surface area contributed by atoms with Crippen LogP contribution in [0, 0.1) is 5.92 Å². The second kappa shape index (κ2) is 13.7. The first-order valence-corrected chi connectivity index (χ1v) is 9.47. The van der Waals surface area contributed by atoms with Gasteiger partial charge in [-0.3, -0.25) is 14.4 Å². The van der Waals surface area contributed by atoms with Gasteiger partial charge in [-0.1, -0.05) is 32.6 Å². The summed E-state index contributed by atoms with van der Waals surface area (Å²) in [6, 6.07) is -1.88. The van der Waals surface area contributed by atoms with Crippen LogP contribution in [0.1, 0.15) is 59.3 Å². The fourth-order valence-corrected chi connectivity index (χ4v) is 2.66. The molecule has 0 fully saturated rings. The maximum atomic E-state index is 12.4. The summed E-state index contributed by atoms with van der Waals surface area (Å²) < 4.78 is 0. The van der Waals surface area contributed by atoms with E-state index < -0.39 is 30.0 Å². The van der Waals surface area contributed by atoms with Crippen molar-refractivity contribution in [1.29, 1.82) is 0 Å². The Morgan fingerprint density at radius 1 is 1.00 bits per heavy atom. The first-order chi connectivity index (χ1) is 12.3. The van der Waals surface area contributed by atoms with Gasteiger partial charge < -0.3 is 27.2 Å². The minimum Gasteiger partial charge on any atom is -0.391 e. The van der Waals surface area contributed by atoms with E-state index in [1.54, 1.807) is 0 Å². The molecule has 0 aromatic rings. The molecule has 0 saturated carbocycles. The van der Waals surface area contributed by atoms with E-state index in [-0.39, 0.29) is 24.8 Å². The lowest BCUT2D eigenvalue weighted by Crippen LogP contribution is -2.57. The van der Waals surface area contributed by atoms with Crippen LogP contribution in [0.3, 0.4) is 0 Å². The molecular weight excluding hydrogens is 336 g/mol. The van der Waals surface area contributed by atoms with Crippen LogP contribution in [0.4, 0.5) is 0 Å². The number of hydrogen-bond acceptors (Lipinski definition) is 6. The highest BCUT2D eigenvalue weighted by Gasteiger charge is 2.30. The summed E-state index contributed by atoms with van der Waals surface area (Å²) >= 11 is 0. The molecular formula is C18H36N4O4. The van der Waals surface area contributed by atoms with Gasteiger partial charge in [-0.15, -0.1) is 0 Å². The number of hydrogen-bond donors (Lipinski definition) is 5. The van der Waals surface area contributed by atoms with E-state index in [2.05, 4.69) is 17.6 Å². The molecule has 26 heavy (non-hydrogen) atoms. The Bertz CT molecular complexity index is 443. The lowest BCUT2D eigenvalue weighted by atomic mass is 9.99. The monoisotopic (exact) mass is 372 g/mol. The number of carbonyl (C=O) groups is 3. The molecule has 0 aromatic heterocycles. The van der Waals surface area contributed by atoms with Crippen molar-refractivity contribution in [3.63, 3.8) is 0 Å². The average molecular weight is 373 g/mol. The molecule has 0 aromatic carbocycles. The summed E-state index contributed by atoms with van der Waals surface area (Å²) in [5.41, 5.74) is 11.1. The van der Waals surface area contributed by atoms with Crippen molar-refractivity contribution in [3.8, 4) is 0 Å². The van der Waals surface area contributed by atoms with Crippen LogP contribution in [0.5, 0.6) is 0 Å². The zero-order valence-electron chi connectivity index (χ0n) is 16.3. The lowest BCUT2D eigenvalue weighted by Gasteiger charge is -2.25. The fourth-order valence-electron chi connectivity index (χ4n) is 2.66. The molecule has 0 aliphatic rings. The fraction of sp³-hybridized carbons (Fsp3) is 0.833. The van der Waals surface area contributed by atoms with Gasteiger partial charge >= 0.3 is 0 Å². The first-order valence-electron chi connectivity index (χ1n) is 9.47. The molecule has 0 rings (SSSR count). The number of Topliss-reactive ketones (excluding diaryl/α,β-unsaturated/α-hetero) is 1. The van der Waals surface area contributed by atoms with Gasteiger partial charge in [-0.2, -0.15) is 0 Å². The largest absolute Gasteiger partial charge is 0.391 e. The molecule has 0 bridgehead atoms. The van der Waals surface area contributed by atoms with E-state index in [1.165, 1.54) is 13.8 Å². The van der Waals surface area contributed by atoms with Gasteiger partial charge in [0.25, 0.3) is 0 Å². The molecule has 0 saturated heterocycles. The molecule has 0 aliphatic heterocycles. The second-order valence-electron chi connectivity index (χ2n) is 6.76. The van der Waals surface area contributed by atoms with Crippen molar-refractivity contribution in [2.24, 2.45) is 17.4 Å². The molecule has 8 heteroatoms. The van der Waals surface area contributed by atoms with Crippen molar-refractivity contribution < 1.29 is 19.5 Å². The minimum absolute atomic E-state index is 0.176. The van der Waals surface area contributed by atoms with Gasteiger partial charge in [0.1, 0.15) is 6.04 Å². The molecule has 0 radical (unpaired) electrons. The number of rotatable bonds is 14. The molecule has 0 spiro atoms. The van der Waals surface area contributed by atoms with Gasteiger partial charge in [-0.05, 0) is 33.2 Å². The Morgan fingerprint density at radius 2 is 1.65 bits per heavy atom. The third kappa shape index (κ3) is 9.26. The number of aliphatic hydroxyl groups excluding tert-OH is 1. The quantitative estimate of drug-likeness (QED) is 0.267. The highest BCUT2D eigenvalue weighted by atomic mass is 16.3. The van der Waals surface area contributed by atoms with Gasteiger partial charge in [0, 0.05) is 6.54 Å². The van der Waals surface area contributed by atoms with Crippen LogP contribution in [0.2, 0.25) is 0 Å². The number of ketones is 1. The Kier molecular flexibility index (Phi) is 12.9. The van der Waals surface area contributed by atoms with Crippen molar-refractivity contribution in [1.82, 2.24) is 10.6 Å². The van der Waals surface area contributed by atoms with E-state index in [4.69, 9.17) is 11.5 Å². The smallest absolute Gasteiger partial charge is 0.245 e. The van der Waals surface area contributed by atoms with Crippen LogP contribution >= 0.6 is 0 Å². The Morgan fingerprint density at radius 3 is 2.12 bits per heavy atom. The van der Waals surface area contributed by atoms with Crippen LogP contribution in [0.15, 0.2) is 0 Å². The standard InChI is InChI=1S/C18H36N4O4/c1-4-5-6-7-8-14(11-20)17(25)22-16(13(3)24)18(26)21-15(9-10-19)12(2)23/h13-16,24H,4-11,19-20H2,1-3H3,(H,21,26)(H,22,25)/t13-,14?,15-,16-/m0/s1. The molecule has 7 N–H and O–H groups in total. The van der Waals surface area contributed by atoms with Gasteiger partial charge in [-0.25, -0.2) is 0 Å². The number of nitrogens with one attached hydrogen (secondary N) is 2. The van der Waals surface area contributed by atoms with E-state index >= 15 is 0 Å². The van der Waals surface area contributed by atoms with Crippen molar-refractivity contribution in [3.05, 3.63) is 0 Å². The van der Waals surface area contributed by atoms with Crippen molar-refractivity contribution in [2.45, 2.75) is 77.5 Å². The van der Waals surface area contributed by atoms with Crippen LogP contribution in [-0.4, -0.2) is 54.0 Å². The molecule has 1 unspecified atom stereocenters. The topological polar surface area (TPSA) is 148 Å². The normalized spacial score (nSPS) is 15.6. The molecule has 0 aliphatic carbocycles. The van der Waals surface area contributed by atoms with Crippen molar-refractivity contribution in [2.75, 3.05) is 13.1 Å². The van der Waals surface area contributed by atoms with Gasteiger partial charge in [0.05, 0.1) is 18.1 Å². The number of carbonyl (C=O) groups excluding carboxylic acids is 3. The summed E-state index contributed by atoms with van der Waals surface area (Å²) in [5, 5.41) is 15.0. The summed E-state index contributed by atoms with van der Waals surface area (Å²) in [5.74, 6) is -1.60. The highest BCUT2D eigenvalue weighted by Crippen LogP contribution is 2.11. The predicted octanol–water partition coefficient (Wildman–Crippen LogP) is -0.180. The Balaban J connectivity index is 4.83. The summed E-state index contributed by atoms with van der Waals surface area (Å²) in [4.78, 5) is 36.4. The molecule has 2 amide bonds. The van der Waals surface area contributed by atoms with Gasteiger partial charge in [0.2, 0.25) is 11.8 Å². The molecule has 152 valence electrons. The first kappa shape index (κ1) is 24.5.